The molecular formula is C20H23N3O2. The molecule has 1 fully saturated rings. The quantitative estimate of drug-likeness (QED) is 0.881. The van der Waals surface area contributed by atoms with E-state index in [9.17, 15) is 9.59 Å². The topological polar surface area (TPSA) is 62.3 Å². The maximum atomic E-state index is 12.9. The molecule has 0 aliphatic heterocycles. The number of aromatic nitrogens is 1. The standard InChI is InChI=1S/C20H23N3O2/c1-14(2)23(13-15-6-4-3-5-7-15)20(25)18-12-16(10-11-21-18)19(24)22-17-8-9-17/h3-7,10-12,14,17H,8-9,13H2,1-2H3,(H,22,24). The highest BCUT2D eigenvalue weighted by atomic mass is 16.2. The maximum absolute atomic E-state index is 12.9. The zero-order valence-electron chi connectivity index (χ0n) is 14.6. The lowest BCUT2D eigenvalue weighted by molar-refractivity contribution is 0.0684. The normalized spacial score (nSPS) is 13.6. The van der Waals surface area contributed by atoms with Crippen molar-refractivity contribution in [3.63, 3.8) is 0 Å². The van der Waals surface area contributed by atoms with Crippen LogP contribution in [0.2, 0.25) is 0 Å². The molecule has 2 aromatic rings. The summed E-state index contributed by atoms with van der Waals surface area (Å²) in [6.07, 6.45) is 3.58. The smallest absolute Gasteiger partial charge is 0.272 e. The largest absolute Gasteiger partial charge is 0.349 e. The first-order valence-electron chi connectivity index (χ1n) is 8.66. The molecule has 1 aliphatic rings. The Bertz CT molecular complexity index is 755. The molecule has 5 nitrogen and oxygen atoms in total. The predicted molar refractivity (Wildman–Crippen MR) is 96.2 cm³/mol. The van der Waals surface area contributed by atoms with Crippen molar-refractivity contribution >= 4 is 11.8 Å². The third-order valence-corrected chi connectivity index (χ3v) is 4.23. The lowest BCUT2D eigenvalue weighted by Crippen LogP contribution is -2.37. The Morgan fingerprint density at radius 1 is 1.20 bits per heavy atom. The molecule has 0 unspecified atom stereocenters. The zero-order valence-corrected chi connectivity index (χ0v) is 14.6. The highest BCUT2D eigenvalue weighted by Gasteiger charge is 2.25. The Hall–Kier alpha value is -2.69. The first kappa shape index (κ1) is 17.1. The number of benzene rings is 1. The summed E-state index contributed by atoms with van der Waals surface area (Å²) < 4.78 is 0. The van der Waals surface area contributed by atoms with Crippen molar-refractivity contribution in [1.82, 2.24) is 15.2 Å². The molecule has 1 aromatic carbocycles. The number of rotatable bonds is 6. The molecule has 0 spiro atoms. The third-order valence-electron chi connectivity index (χ3n) is 4.23. The van der Waals surface area contributed by atoms with Gasteiger partial charge in [0.1, 0.15) is 5.69 Å². The third kappa shape index (κ3) is 4.44. The van der Waals surface area contributed by atoms with E-state index in [1.165, 1.54) is 6.20 Å². The Morgan fingerprint density at radius 3 is 2.56 bits per heavy atom. The van der Waals surface area contributed by atoms with Crippen molar-refractivity contribution in [2.45, 2.75) is 45.3 Å². The Balaban J connectivity index is 1.78. The fraction of sp³-hybridized carbons (Fsp3) is 0.350. The molecule has 1 heterocycles. The van der Waals surface area contributed by atoms with Gasteiger partial charge in [-0.25, -0.2) is 0 Å². The van der Waals surface area contributed by atoms with Crippen LogP contribution in [0.25, 0.3) is 0 Å². The minimum Gasteiger partial charge on any atom is -0.349 e. The summed E-state index contributed by atoms with van der Waals surface area (Å²) in [4.78, 5) is 31.1. The minimum absolute atomic E-state index is 0.0263. The van der Waals surface area contributed by atoms with Crippen molar-refractivity contribution in [2.24, 2.45) is 0 Å². The van der Waals surface area contributed by atoms with Gasteiger partial charge in [0.25, 0.3) is 11.8 Å². The summed E-state index contributed by atoms with van der Waals surface area (Å²) in [5.41, 5.74) is 1.84. The molecule has 130 valence electrons. The lowest BCUT2D eigenvalue weighted by Gasteiger charge is -2.26. The minimum atomic E-state index is -0.167. The summed E-state index contributed by atoms with van der Waals surface area (Å²) >= 11 is 0. The second kappa shape index (κ2) is 7.47. The van der Waals surface area contributed by atoms with E-state index in [4.69, 9.17) is 0 Å². The van der Waals surface area contributed by atoms with Crippen LogP contribution in [-0.2, 0) is 6.54 Å². The first-order valence-corrected chi connectivity index (χ1v) is 8.66. The van der Waals surface area contributed by atoms with Gasteiger partial charge in [-0.15, -0.1) is 0 Å². The number of hydrogen-bond acceptors (Lipinski definition) is 3. The van der Waals surface area contributed by atoms with Gasteiger partial charge in [-0.2, -0.15) is 0 Å². The highest BCUT2D eigenvalue weighted by Crippen LogP contribution is 2.19. The van der Waals surface area contributed by atoms with E-state index in [2.05, 4.69) is 10.3 Å². The van der Waals surface area contributed by atoms with Crippen LogP contribution in [0.1, 0.15) is 53.1 Å². The summed E-state index contributed by atoms with van der Waals surface area (Å²) in [6.45, 7) is 4.46. The van der Waals surface area contributed by atoms with E-state index in [-0.39, 0.29) is 23.9 Å². The molecular weight excluding hydrogens is 314 g/mol. The molecule has 1 N–H and O–H groups in total. The first-order chi connectivity index (χ1) is 12.0. The molecule has 25 heavy (non-hydrogen) atoms. The predicted octanol–water partition coefficient (Wildman–Crippen LogP) is 3.02. The summed E-state index contributed by atoms with van der Waals surface area (Å²) in [7, 11) is 0. The monoisotopic (exact) mass is 337 g/mol. The van der Waals surface area contributed by atoms with Crippen LogP contribution in [0, 0.1) is 0 Å². The van der Waals surface area contributed by atoms with Gasteiger partial charge in [-0.3, -0.25) is 14.6 Å². The highest BCUT2D eigenvalue weighted by molar-refractivity contribution is 5.98. The SMILES string of the molecule is CC(C)N(Cc1ccccc1)C(=O)c1cc(C(=O)NC2CC2)ccn1. The zero-order chi connectivity index (χ0) is 17.8. The molecule has 0 atom stereocenters. The van der Waals surface area contributed by atoms with E-state index in [0.29, 0.717) is 17.8 Å². The van der Waals surface area contributed by atoms with Gasteiger partial charge in [0.05, 0.1) is 0 Å². The summed E-state index contributed by atoms with van der Waals surface area (Å²) in [6, 6.07) is 13.4. The molecule has 1 aliphatic carbocycles. The fourth-order valence-corrected chi connectivity index (χ4v) is 2.60. The van der Waals surface area contributed by atoms with Gasteiger partial charge in [0.15, 0.2) is 0 Å². The summed E-state index contributed by atoms with van der Waals surface area (Å²) in [5.74, 6) is -0.307. The Kier molecular flexibility index (Phi) is 5.12. The molecule has 0 radical (unpaired) electrons. The molecule has 0 saturated heterocycles. The van der Waals surface area contributed by atoms with Crippen molar-refractivity contribution in [1.29, 1.82) is 0 Å². The van der Waals surface area contributed by atoms with Crippen molar-refractivity contribution in [2.75, 3.05) is 0 Å². The van der Waals surface area contributed by atoms with Crippen LogP contribution in [0.4, 0.5) is 0 Å². The average Bonchev–Trinajstić information content (AvgIpc) is 3.44. The fourth-order valence-electron chi connectivity index (χ4n) is 2.60. The van der Waals surface area contributed by atoms with Gasteiger partial charge in [0.2, 0.25) is 0 Å². The van der Waals surface area contributed by atoms with Gasteiger partial charge >= 0.3 is 0 Å². The van der Waals surface area contributed by atoms with E-state index in [1.54, 1.807) is 17.0 Å². The Morgan fingerprint density at radius 2 is 1.92 bits per heavy atom. The van der Waals surface area contributed by atoms with Crippen molar-refractivity contribution < 1.29 is 9.59 Å². The maximum Gasteiger partial charge on any atom is 0.272 e. The molecule has 0 bridgehead atoms. The molecule has 3 rings (SSSR count). The molecule has 5 heteroatoms. The number of carbonyl (C=O) groups excluding carboxylic acids is 2. The van der Waals surface area contributed by atoms with E-state index < -0.39 is 0 Å². The number of nitrogens with zero attached hydrogens (tertiary/aromatic N) is 2. The van der Waals surface area contributed by atoms with E-state index in [0.717, 1.165) is 18.4 Å². The average molecular weight is 337 g/mol. The molecule has 1 aromatic heterocycles. The molecule has 1 saturated carbocycles. The molecule has 2 amide bonds. The van der Waals surface area contributed by atoms with Gasteiger partial charge in [0, 0.05) is 30.4 Å². The lowest BCUT2D eigenvalue weighted by atomic mass is 10.1. The second-order valence-corrected chi connectivity index (χ2v) is 6.69. The van der Waals surface area contributed by atoms with Crippen LogP contribution < -0.4 is 5.32 Å². The van der Waals surface area contributed by atoms with Crippen LogP contribution in [0.15, 0.2) is 48.7 Å². The number of carbonyl (C=O) groups is 2. The van der Waals surface area contributed by atoms with Crippen LogP contribution in [0.5, 0.6) is 0 Å². The van der Waals surface area contributed by atoms with Crippen LogP contribution >= 0.6 is 0 Å². The van der Waals surface area contributed by atoms with Crippen LogP contribution in [-0.4, -0.2) is 33.8 Å². The number of amides is 2. The van der Waals surface area contributed by atoms with E-state index >= 15 is 0 Å². The van der Waals surface area contributed by atoms with Gasteiger partial charge in [-0.05, 0) is 44.4 Å². The number of nitrogens with one attached hydrogen (secondary N) is 1. The second-order valence-electron chi connectivity index (χ2n) is 6.69. The number of pyridine rings is 1. The number of hydrogen-bond donors (Lipinski definition) is 1. The Labute approximate surface area is 148 Å². The van der Waals surface area contributed by atoms with Crippen molar-refractivity contribution in [3.8, 4) is 0 Å². The van der Waals surface area contributed by atoms with Gasteiger partial charge in [-0.1, -0.05) is 30.3 Å². The van der Waals surface area contributed by atoms with E-state index in [1.807, 2.05) is 44.2 Å². The van der Waals surface area contributed by atoms with Crippen LogP contribution in [0.3, 0.4) is 0 Å². The summed E-state index contributed by atoms with van der Waals surface area (Å²) in [5, 5.41) is 2.94. The van der Waals surface area contributed by atoms with Gasteiger partial charge < -0.3 is 10.2 Å². The van der Waals surface area contributed by atoms with Crippen molar-refractivity contribution in [3.05, 3.63) is 65.5 Å².